The number of benzene rings is 1. The molecular weight excluding hydrogens is 404 g/mol. The van der Waals surface area contributed by atoms with E-state index in [1.54, 1.807) is 7.11 Å². The number of fused-ring (bicyclic) bond motifs is 2. The number of aliphatic hydroxyl groups is 1. The van der Waals surface area contributed by atoms with Crippen molar-refractivity contribution >= 4 is 22.7 Å². The minimum absolute atomic E-state index is 0.249. The second-order valence-electron chi connectivity index (χ2n) is 9.22. The topological polar surface area (TPSA) is 88.3 Å². The van der Waals surface area contributed by atoms with Crippen LogP contribution in [0.3, 0.4) is 0 Å². The quantitative estimate of drug-likeness (QED) is 0.612. The SMILES string of the molecule is COc1cc2c(cc1Nc1ncc3cnn(C[C@@H]4CCCC[C@H]4CO)c3n1)CN(C)CC2. The number of rotatable bonds is 6. The molecule has 1 aliphatic carbocycles. The molecule has 1 aliphatic heterocycles. The number of anilines is 2. The number of methoxy groups -OCH3 is 1. The third kappa shape index (κ3) is 4.17. The van der Waals surface area contributed by atoms with E-state index in [1.165, 1.54) is 24.0 Å². The van der Waals surface area contributed by atoms with Crippen molar-refractivity contribution in [1.82, 2.24) is 24.6 Å². The molecule has 2 N–H and O–H groups in total. The maximum absolute atomic E-state index is 9.78. The van der Waals surface area contributed by atoms with Crippen molar-refractivity contribution in [2.24, 2.45) is 11.8 Å². The summed E-state index contributed by atoms with van der Waals surface area (Å²) in [4.78, 5) is 11.6. The molecule has 8 nitrogen and oxygen atoms in total. The Morgan fingerprint density at radius 3 is 2.81 bits per heavy atom. The van der Waals surface area contributed by atoms with Crippen molar-refractivity contribution in [3.63, 3.8) is 0 Å². The van der Waals surface area contributed by atoms with E-state index in [0.29, 0.717) is 17.8 Å². The van der Waals surface area contributed by atoms with Gasteiger partial charge in [-0.2, -0.15) is 10.1 Å². The molecule has 0 unspecified atom stereocenters. The molecule has 5 rings (SSSR count). The van der Waals surface area contributed by atoms with Gasteiger partial charge >= 0.3 is 0 Å². The molecule has 1 saturated carbocycles. The normalized spacial score (nSPS) is 21.5. The van der Waals surface area contributed by atoms with Crippen molar-refractivity contribution in [2.75, 3.05) is 32.6 Å². The summed E-state index contributed by atoms with van der Waals surface area (Å²) in [5, 5.41) is 18.7. The highest BCUT2D eigenvalue weighted by Gasteiger charge is 2.26. The van der Waals surface area contributed by atoms with Crippen LogP contribution in [0.4, 0.5) is 11.6 Å². The molecule has 170 valence electrons. The van der Waals surface area contributed by atoms with E-state index in [9.17, 15) is 5.11 Å². The van der Waals surface area contributed by atoms with Crippen molar-refractivity contribution in [2.45, 2.75) is 45.2 Å². The summed E-state index contributed by atoms with van der Waals surface area (Å²) in [5.74, 6) is 2.11. The lowest BCUT2D eigenvalue weighted by Crippen LogP contribution is -2.27. The summed E-state index contributed by atoms with van der Waals surface area (Å²) in [6, 6.07) is 4.29. The minimum atomic E-state index is 0.249. The average Bonchev–Trinajstić information content (AvgIpc) is 3.21. The van der Waals surface area contributed by atoms with E-state index >= 15 is 0 Å². The Hall–Kier alpha value is -2.71. The number of hydrogen-bond acceptors (Lipinski definition) is 7. The summed E-state index contributed by atoms with van der Waals surface area (Å²) < 4.78 is 7.63. The molecule has 2 atom stereocenters. The molecule has 3 aromatic rings. The lowest BCUT2D eigenvalue weighted by atomic mass is 9.80. The Balaban J connectivity index is 1.42. The largest absolute Gasteiger partial charge is 0.495 e. The summed E-state index contributed by atoms with van der Waals surface area (Å²) >= 11 is 0. The summed E-state index contributed by atoms with van der Waals surface area (Å²) in [7, 11) is 3.84. The fraction of sp³-hybridized carbons (Fsp3) is 0.542. The van der Waals surface area contributed by atoms with Crippen molar-refractivity contribution in [3.05, 3.63) is 35.7 Å². The number of ether oxygens (including phenoxy) is 1. The van der Waals surface area contributed by atoms with Crippen LogP contribution in [-0.2, 0) is 19.5 Å². The van der Waals surface area contributed by atoms with E-state index < -0.39 is 0 Å². The molecule has 0 bridgehead atoms. The highest BCUT2D eigenvalue weighted by atomic mass is 16.5. The second-order valence-corrected chi connectivity index (χ2v) is 9.22. The average molecular weight is 437 g/mol. The molecule has 32 heavy (non-hydrogen) atoms. The fourth-order valence-electron chi connectivity index (χ4n) is 5.16. The van der Waals surface area contributed by atoms with Gasteiger partial charge in [0.15, 0.2) is 5.65 Å². The lowest BCUT2D eigenvalue weighted by molar-refractivity contribution is 0.121. The summed E-state index contributed by atoms with van der Waals surface area (Å²) in [6.07, 6.45) is 9.31. The molecule has 3 heterocycles. The minimum Gasteiger partial charge on any atom is -0.495 e. The van der Waals surface area contributed by atoms with E-state index in [-0.39, 0.29) is 6.61 Å². The van der Waals surface area contributed by atoms with Crippen LogP contribution in [-0.4, -0.2) is 57.1 Å². The lowest BCUT2D eigenvalue weighted by Gasteiger charge is -2.30. The molecule has 0 radical (unpaired) electrons. The maximum atomic E-state index is 9.78. The molecule has 1 aromatic carbocycles. The molecule has 0 amide bonds. The predicted molar refractivity (Wildman–Crippen MR) is 124 cm³/mol. The molecule has 8 heteroatoms. The highest BCUT2D eigenvalue weighted by Crippen LogP contribution is 2.34. The molecule has 0 spiro atoms. The Labute approximate surface area is 188 Å². The first-order valence-electron chi connectivity index (χ1n) is 11.6. The van der Waals surface area contributed by atoms with Crippen LogP contribution in [0.1, 0.15) is 36.8 Å². The summed E-state index contributed by atoms with van der Waals surface area (Å²) in [5.41, 5.74) is 4.34. The van der Waals surface area contributed by atoms with Crippen LogP contribution >= 0.6 is 0 Å². The molecule has 2 aromatic heterocycles. The van der Waals surface area contributed by atoms with Crippen LogP contribution in [0.25, 0.3) is 11.0 Å². The zero-order valence-electron chi connectivity index (χ0n) is 18.9. The first-order chi connectivity index (χ1) is 15.6. The van der Waals surface area contributed by atoms with Crippen LogP contribution in [0.15, 0.2) is 24.5 Å². The second kappa shape index (κ2) is 9.03. The number of aromatic nitrogens is 4. The Morgan fingerprint density at radius 1 is 1.16 bits per heavy atom. The van der Waals surface area contributed by atoms with Gasteiger partial charge in [0.25, 0.3) is 0 Å². The molecule has 1 fully saturated rings. The van der Waals surface area contributed by atoms with Crippen LogP contribution in [0.2, 0.25) is 0 Å². The molecular formula is C24H32N6O2. The number of likely N-dealkylation sites (N-methyl/N-ethyl adjacent to an activating group) is 1. The highest BCUT2D eigenvalue weighted by molar-refractivity contribution is 5.76. The standard InChI is InChI=1S/C24H32N6O2/c1-29-8-7-16-10-22(32-2)21(9-19(16)13-29)27-24-25-11-20-12-26-30(23(20)28-24)14-17-5-3-4-6-18(17)15-31/h9-12,17-18,31H,3-8,13-15H2,1-2H3,(H,25,27,28)/t17-,18-/m0/s1. The monoisotopic (exact) mass is 436 g/mol. The van der Waals surface area contributed by atoms with E-state index in [2.05, 4.69) is 39.5 Å². The van der Waals surface area contributed by atoms with Gasteiger partial charge in [-0.3, -0.25) is 0 Å². The van der Waals surface area contributed by atoms with Crippen LogP contribution in [0, 0.1) is 11.8 Å². The Morgan fingerprint density at radius 2 is 2.00 bits per heavy atom. The zero-order chi connectivity index (χ0) is 22.1. The summed E-state index contributed by atoms with van der Waals surface area (Å²) in [6.45, 7) is 3.01. The van der Waals surface area contributed by atoms with Gasteiger partial charge in [0.2, 0.25) is 5.95 Å². The van der Waals surface area contributed by atoms with Gasteiger partial charge in [-0.15, -0.1) is 0 Å². The number of nitrogens with one attached hydrogen (secondary N) is 1. The van der Waals surface area contributed by atoms with Crippen molar-refractivity contribution < 1.29 is 9.84 Å². The third-order valence-corrected chi connectivity index (χ3v) is 7.06. The number of nitrogens with zero attached hydrogens (tertiary/aromatic N) is 5. The predicted octanol–water partition coefficient (Wildman–Crippen LogP) is 3.37. The van der Waals surface area contributed by atoms with Gasteiger partial charge in [0.1, 0.15) is 5.75 Å². The van der Waals surface area contributed by atoms with Gasteiger partial charge in [0.05, 0.1) is 24.4 Å². The van der Waals surface area contributed by atoms with Crippen LogP contribution < -0.4 is 10.1 Å². The van der Waals surface area contributed by atoms with Gasteiger partial charge in [-0.1, -0.05) is 12.8 Å². The maximum Gasteiger partial charge on any atom is 0.229 e. The van der Waals surface area contributed by atoms with Gasteiger partial charge in [-0.25, -0.2) is 9.67 Å². The van der Waals surface area contributed by atoms with Gasteiger partial charge in [-0.05, 0) is 61.4 Å². The Bertz CT molecular complexity index is 1100. The third-order valence-electron chi connectivity index (χ3n) is 7.06. The van der Waals surface area contributed by atoms with Crippen molar-refractivity contribution in [1.29, 1.82) is 0 Å². The van der Waals surface area contributed by atoms with Gasteiger partial charge in [0, 0.05) is 32.4 Å². The van der Waals surface area contributed by atoms with E-state index in [4.69, 9.17) is 9.72 Å². The number of hydrogen-bond donors (Lipinski definition) is 2. The van der Waals surface area contributed by atoms with Gasteiger partial charge < -0.3 is 20.1 Å². The Kier molecular flexibility index (Phi) is 5.97. The van der Waals surface area contributed by atoms with Crippen molar-refractivity contribution in [3.8, 4) is 5.75 Å². The smallest absolute Gasteiger partial charge is 0.229 e. The molecule has 2 aliphatic rings. The van der Waals surface area contributed by atoms with E-state index in [0.717, 1.165) is 61.4 Å². The zero-order valence-corrected chi connectivity index (χ0v) is 18.9. The first-order valence-corrected chi connectivity index (χ1v) is 11.6. The number of aliphatic hydroxyl groups excluding tert-OH is 1. The fourth-order valence-corrected chi connectivity index (χ4v) is 5.16. The first kappa shape index (κ1) is 21.2. The van der Waals surface area contributed by atoms with E-state index in [1.807, 2.05) is 17.1 Å². The molecule has 0 saturated heterocycles. The van der Waals surface area contributed by atoms with Crippen LogP contribution in [0.5, 0.6) is 5.75 Å².